The number of hydrogen-bond donors (Lipinski definition) is 1. The van der Waals surface area contributed by atoms with Gasteiger partial charge in [-0.2, -0.15) is 0 Å². The number of rotatable bonds is 3. The summed E-state index contributed by atoms with van der Waals surface area (Å²) in [6, 6.07) is 3.75. The van der Waals surface area contributed by atoms with Gasteiger partial charge in [0, 0.05) is 11.5 Å². The van der Waals surface area contributed by atoms with Crippen molar-refractivity contribution in [1.29, 1.82) is 0 Å². The summed E-state index contributed by atoms with van der Waals surface area (Å²) in [6.07, 6.45) is 1.69. The Morgan fingerprint density at radius 3 is 3.07 bits per heavy atom. The Morgan fingerprint density at radius 2 is 2.57 bits per heavy atom. The largest absolute Gasteiger partial charge is 0.481 e. The smallest absolute Gasteiger partial charge is 0.314 e. The Morgan fingerprint density at radius 1 is 1.71 bits per heavy atom. The van der Waals surface area contributed by atoms with Gasteiger partial charge in [0.2, 0.25) is 0 Å². The summed E-state index contributed by atoms with van der Waals surface area (Å²) < 4.78 is 5.43. The van der Waals surface area contributed by atoms with Crippen LogP contribution >= 0.6 is 11.3 Å². The van der Waals surface area contributed by atoms with E-state index >= 15 is 0 Å². The van der Waals surface area contributed by atoms with E-state index in [0.29, 0.717) is 6.61 Å². The molecule has 1 aromatic heterocycles. The highest BCUT2D eigenvalue weighted by Crippen LogP contribution is 2.31. The molecule has 4 heteroatoms. The molecule has 0 bridgehead atoms. The molecule has 0 saturated carbocycles. The van der Waals surface area contributed by atoms with Crippen LogP contribution in [0.2, 0.25) is 0 Å². The predicted octanol–water partition coefficient (Wildman–Crippen LogP) is 2.10. The minimum atomic E-state index is -0.778. The van der Waals surface area contributed by atoms with Gasteiger partial charge >= 0.3 is 5.97 Å². The maximum atomic E-state index is 11.1. The summed E-state index contributed by atoms with van der Waals surface area (Å²) in [5, 5.41) is 11.0. The van der Waals surface area contributed by atoms with Crippen LogP contribution in [0.3, 0.4) is 0 Å². The third-order valence-electron chi connectivity index (χ3n) is 2.45. The molecule has 3 nitrogen and oxygen atoms in total. The number of carboxylic acid groups (broad SMARTS) is 1. The molecule has 2 rings (SSSR count). The van der Waals surface area contributed by atoms with Gasteiger partial charge in [0.05, 0.1) is 6.10 Å². The monoisotopic (exact) mass is 212 g/mol. The van der Waals surface area contributed by atoms with E-state index in [2.05, 4.69) is 0 Å². The van der Waals surface area contributed by atoms with Gasteiger partial charge in [0.15, 0.2) is 0 Å². The van der Waals surface area contributed by atoms with Crippen molar-refractivity contribution in [2.45, 2.75) is 24.9 Å². The predicted molar refractivity (Wildman–Crippen MR) is 53.7 cm³/mol. The van der Waals surface area contributed by atoms with Gasteiger partial charge in [-0.3, -0.25) is 4.79 Å². The number of ether oxygens (including phenoxy) is 1. The van der Waals surface area contributed by atoms with E-state index < -0.39 is 11.9 Å². The molecule has 76 valence electrons. The van der Waals surface area contributed by atoms with E-state index in [1.54, 1.807) is 0 Å². The Balaban J connectivity index is 2.19. The second-order valence-corrected chi connectivity index (χ2v) is 4.36. The van der Waals surface area contributed by atoms with E-state index in [1.165, 1.54) is 11.3 Å². The minimum absolute atomic E-state index is 0.133. The molecule has 0 aliphatic carbocycles. The average Bonchev–Trinajstić information content (AvgIpc) is 2.75. The molecule has 0 aromatic carbocycles. The van der Waals surface area contributed by atoms with Crippen molar-refractivity contribution in [2.75, 3.05) is 6.61 Å². The van der Waals surface area contributed by atoms with Gasteiger partial charge < -0.3 is 9.84 Å². The third-order valence-corrected chi connectivity index (χ3v) is 3.41. The molecule has 0 radical (unpaired) electrons. The molecule has 2 unspecified atom stereocenters. The molecule has 14 heavy (non-hydrogen) atoms. The summed E-state index contributed by atoms with van der Waals surface area (Å²) in [5.74, 6) is -1.25. The van der Waals surface area contributed by atoms with Crippen molar-refractivity contribution in [2.24, 2.45) is 0 Å². The summed E-state index contributed by atoms with van der Waals surface area (Å²) in [7, 11) is 0. The van der Waals surface area contributed by atoms with Crippen LogP contribution in [0.15, 0.2) is 17.5 Å². The van der Waals surface area contributed by atoms with E-state index in [4.69, 9.17) is 9.84 Å². The van der Waals surface area contributed by atoms with E-state index in [1.807, 2.05) is 17.5 Å². The first-order valence-corrected chi connectivity index (χ1v) is 5.55. The maximum absolute atomic E-state index is 11.1. The summed E-state index contributed by atoms with van der Waals surface area (Å²) >= 11 is 1.49. The van der Waals surface area contributed by atoms with Gasteiger partial charge in [-0.05, 0) is 24.3 Å². The highest BCUT2D eigenvalue weighted by atomic mass is 32.1. The molecule has 1 aromatic rings. The summed E-state index contributed by atoms with van der Waals surface area (Å²) in [4.78, 5) is 12.0. The molecule has 1 fully saturated rings. The Hall–Kier alpha value is -0.870. The first kappa shape index (κ1) is 9.68. The van der Waals surface area contributed by atoms with Crippen LogP contribution in [0, 0.1) is 0 Å². The molecule has 0 amide bonds. The zero-order valence-electron chi connectivity index (χ0n) is 7.68. The average molecular weight is 212 g/mol. The van der Waals surface area contributed by atoms with Crippen LogP contribution in [-0.4, -0.2) is 23.8 Å². The standard InChI is InChI=1S/C10H12O3S/c11-10(12)9(7-3-1-5-13-7)8-4-2-6-14-8/h2,4,6-7,9H,1,3,5H2,(H,11,12). The lowest BCUT2D eigenvalue weighted by Crippen LogP contribution is -2.24. The zero-order valence-corrected chi connectivity index (χ0v) is 8.50. The first-order chi connectivity index (χ1) is 6.79. The minimum Gasteiger partial charge on any atom is -0.481 e. The Kier molecular flexibility index (Phi) is 2.84. The summed E-state index contributed by atoms with van der Waals surface area (Å²) in [6.45, 7) is 0.694. The van der Waals surface area contributed by atoms with Crippen molar-refractivity contribution in [3.63, 3.8) is 0 Å². The van der Waals surface area contributed by atoms with Crippen molar-refractivity contribution >= 4 is 17.3 Å². The van der Waals surface area contributed by atoms with Gasteiger partial charge in [0.25, 0.3) is 0 Å². The van der Waals surface area contributed by atoms with Gasteiger partial charge in [-0.1, -0.05) is 6.07 Å². The fourth-order valence-electron chi connectivity index (χ4n) is 1.80. The maximum Gasteiger partial charge on any atom is 0.314 e. The van der Waals surface area contributed by atoms with Crippen LogP contribution in [0.5, 0.6) is 0 Å². The second kappa shape index (κ2) is 4.11. The van der Waals surface area contributed by atoms with Crippen LogP contribution in [0.4, 0.5) is 0 Å². The fourth-order valence-corrected chi connectivity index (χ4v) is 2.67. The van der Waals surface area contributed by atoms with Crippen LogP contribution in [0.25, 0.3) is 0 Å². The SMILES string of the molecule is O=C(O)C(c1cccs1)C1CCCO1. The molecule has 1 N–H and O–H groups in total. The Bertz CT molecular complexity index is 301. The molecule has 2 atom stereocenters. The number of aliphatic carboxylic acids is 1. The van der Waals surface area contributed by atoms with Gasteiger partial charge in [0.1, 0.15) is 5.92 Å². The van der Waals surface area contributed by atoms with Crippen molar-refractivity contribution in [3.8, 4) is 0 Å². The topological polar surface area (TPSA) is 46.5 Å². The van der Waals surface area contributed by atoms with Gasteiger partial charge in [-0.25, -0.2) is 0 Å². The number of carbonyl (C=O) groups is 1. The molecule has 1 aliphatic rings. The quantitative estimate of drug-likeness (QED) is 0.834. The van der Waals surface area contributed by atoms with Crippen LogP contribution in [0.1, 0.15) is 23.6 Å². The first-order valence-electron chi connectivity index (χ1n) is 4.67. The third kappa shape index (κ3) is 1.81. The summed E-state index contributed by atoms with van der Waals surface area (Å²) in [5.41, 5.74) is 0. The lowest BCUT2D eigenvalue weighted by atomic mass is 9.98. The van der Waals surface area contributed by atoms with Crippen molar-refractivity contribution < 1.29 is 14.6 Å². The Labute approximate surface area is 86.3 Å². The molecular formula is C10H12O3S. The molecule has 2 heterocycles. The van der Waals surface area contributed by atoms with Crippen molar-refractivity contribution in [1.82, 2.24) is 0 Å². The fraction of sp³-hybridized carbons (Fsp3) is 0.500. The second-order valence-electron chi connectivity index (χ2n) is 3.38. The molecular weight excluding hydrogens is 200 g/mol. The van der Waals surface area contributed by atoms with E-state index in [0.717, 1.165) is 17.7 Å². The van der Waals surface area contributed by atoms with Gasteiger partial charge in [-0.15, -0.1) is 11.3 Å². The van der Waals surface area contributed by atoms with Crippen LogP contribution in [-0.2, 0) is 9.53 Å². The lowest BCUT2D eigenvalue weighted by Gasteiger charge is -2.17. The molecule has 1 saturated heterocycles. The van der Waals surface area contributed by atoms with E-state index in [-0.39, 0.29) is 6.10 Å². The number of hydrogen-bond acceptors (Lipinski definition) is 3. The van der Waals surface area contributed by atoms with Crippen LogP contribution < -0.4 is 0 Å². The highest BCUT2D eigenvalue weighted by Gasteiger charge is 2.33. The molecule has 0 spiro atoms. The normalized spacial score (nSPS) is 23.6. The van der Waals surface area contributed by atoms with Crippen molar-refractivity contribution in [3.05, 3.63) is 22.4 Å². The van der Waals surface area contributed by atoms with E-state index in [9.17, 15) is 4.79 Å². The zero-order chi connectivity index (χ0) is 9.97. The lowest BCUT2D eigenvalue weighted by molar-refractivity contribution is -0.141. The molecule has 1 aliphatic heterocycles. The highest BCUT2D eigenvalue weighted by molar-refractivity contribution is 7.10. The number of thiophene rings is 1. The number of carboxylic acids is 1.